The fraction of sp³-hybridized carbons (Fsp3) is 0. The van der Waals surface area contributed by atoms with E-state index >= 15 is 0 Å². The van der Waals surface area contributed by atoms with Crippen molar-refractivity contribution in [2.75, 3.05) is 0 Å². The first kappa shape index (κ1) is 25.3. The Morgan fingerprint density at radius 1 is 0.455 bits per heavy atom. The third kappa shape index (κ3) is 4.15. The quantitative estimate of drug-likeness (QED) is 0.203. The number of rotatable bonds is 3. The van der Waals surface area contributed by atoms with E-state index < -0.39 is 0 Å². The zero-order chi connectivity index (χ0) is 29.2. The maximum Gasteiger partial charge on any atom is 0.164 e. The van der Waals surface area contributed by atoms with Crippen molar-refractivity contribution in [1.29, 1.82) is 0 Å². The van der Waals surface area contributed by atoms with Gasteiger partial charge in [0.2, 0.25) is 0 Å². The number of hydrogen-bond donors (Lipinski definition) is 0. The van der Waals surface area contributed by atoms with Crippen LogP contribution in [-0.2, 0) is 0 Å². The van der Waals surface area contributed by atoms with E-state index in [0.29, 0.717) is 17.5 Å². The molecule has 0 radical (unpaired) electrons. The van der Waals surface area contributed by atoms with Gasteiger partial charge in [0.25, 0.3) is 0 Å². The average Bonchev–Trinajstić information content (AvgIpc) is 3.46. The molecular weight excluding hydrogens is 578 g/mol. The molecular formula is C39H22ClN3S. The van der Waals surface area contributed by atoms with Crippen LogP contribution < -0.4 is 0 Å². The molecule has 0 aliphatic rings. The van der Waals surface area contributed by atoms with Crippen LogP contribution in [0.5, 0.6) is 0 Å². The number of benzene rings is 7. The number of aromatic nitrogens is 3. The SMILES string of the molecule is Clc1ccc(-c2nc(-c3ccc4ccccc4c3)nc(-c3ccc4ccccc4c3)n2)c2c1sc1cc3ccccc3cc12. The number of nitrogens with zero attached hydrogens (tertiary/aromatic N) is 3. The first-order chi connectivity index (χ1) is 21.7. The number of halogens is 1. The normalized spacial score (nSPS) is 11.8. The average molecular weight is 600 g/mol. The van der Waals surface area contributed by atoms with E-state index in [2.05, 4.69) is 127 Å². The second kappa shape index (κ2) is 9.95. The summed E-state index contributed by atoms with van der Waals surface area (Å²) in [5.74, 6) is 1.90. The van der Waals surface area contributed by atoms with E-state index in [4.69, 9.17) is 26.6 Å². The predicted molar refractivity (Wildman–Crippen MR) is 187 cm³/mol. The first-order valence-electron chi connectivity index (χ1n) is 14.5. The van der Waals surface area contributed by atoms with E-state index in [1.165, 1.54) is 26.2 Å². The molecule has 206 valence electrons. The third-order valence-corrected chi connectivity index (χ3v) is 9.94. The highest BCUT2D eigenvalue weighted by Gasteiger charge is 2.19. The molecule has 0 spiro atoms. The monoisotopic (exact) mass is 599 g/mol. The molecule has 0 aliphatic carbocycles. The molecule has 0 aliphatic heterocycles. The topological polar surface area (TPSA) is 38.7 Å². The van der Waals surface area contributed by atoms with Gasteiger partial charge in [-0.25, -0.2) is 15.0 Å². The molecule has 2 aromatic heterocycles. The van der Waals surface area contributed by atoms with Crippen molar-refractivity contribution in [2.45, 2.75) is 0 Å². The van der Waals surface area contributed by atoms with Crippen LogP contribution in [0, 0.1) is 0 Å². The lowest BCUT2D eigenvalue weighted by Crippen LogP contribution is -2.00. The molecule has 0 fully saturated rings. The largest absolute Gasteiger partial charge is 0.208 e. The zero-order valence-electron chi connectivity index (χ0n) is 23.3. The Balaban J connectivity index is 1.33. The van der Waals surface area contributed by atoms with Crippen LogP contribution >= 0.6 is 22.9 Å². The molecule has 7 aromatic carbocycles. The van der Waals surface area contributed by atoms with Crippen LogP contribution in [0.3, 0.4) is 0 Å². The minimum Gasteiger partial charge on any atom is -0.208 e. The molecule has 0 saturated heterocycles. The van der Waals surface area contributed by atoms with Crippen molar-refractivity contribution in [2.24, 2.45) is 0 Å². The summed E-state index contributed by atoms with van der Waals surface area (Å²) in [5.41, 5.74) is 2.83. The molecule has 44 heavy (non-hydrogen) atoms. The number of hydrogen-bond acceptors (Lipinski definition) is 4. The summed E-state index contributed by atoms with van der Waals surface area (Å²) in [4.78, 5) is 15.3. The van der Waals surface area contributed by atoms with E-state index in [1.54, 1.807) is 11.3 Å². The van der Waals surface area contributed by atoms with Crippen LogP contribution in [0.25, 0.3) is 86.7 Å². The lowest BCUT2D eigenvalue weighted by Gasteiger charge is -2.11. The van der Waals surface area contributed by atoms with Gasteiger partial charge in [-0.15, -0.1) is 11.3 Å². The van der Waals surface area contributed by atoms with Crippen molar-refractivity contribution >= 4 is 75.4 Å². The van der Waals surface area contributed by atoms with Crippen molar-refractivity contribution < 1.29 is 0 Å². The van der Waals surface area contributed by atoms with Gasteiger partial charge in [-0.05, 0) is 68.7 Å². The van der Waals surface area contributed by atoms with Crippen molar-refractivity contribution in [3.8, 4) is 34.2 Å². The fourth-order valence-corrected chi connectivity index (χ4v) is 7.57. The lowest BCUT2D eigenvalue weighted by molar-refractivity contribution is 1.08. The second-order valence-electron chi connectivity index (χ2n) is 11.0. The van der Waals surface area contributed by atoms with Crippen molar-refractivity contribution in [1.82, 2.24) is 15.0 Å². The predicted octanol–water partition coefficient (Wildman–Crippen LogP) is 11.4. The molecule has 0 N–H and O–H groups in total. The van der Waals surface area contributed by atoms with Crippen molar-refractivity contribution in [3.05, 3.63) is 138 Å². The minimum absolute atomic E-state index is 0.626. The fourth-order valence-electron chi connectivity index (χ4n) is 6.13. The van der Waals surface area contributed by atoms with Gasteiger partial charge in [0.05, 0.1) is 9.72 Å². The molecule has 0 unspecified atom stereocenters. The Bertz CT molecular complexity index is 2490. The van der Waals surface area contributed by atoms with Crippen LogP contribution in [0.1, 0.15) is 0 Å². The lowest BCUT2D eigenvalue weighted by atomic mass is 10.0. The van der Waals surface area contributed by atoms with Crippen LogP contribution in [0.15, 0.2) is 133 Å². The van der Waals surface area contributed by atoms with Crippen LogP contribution in [-0.4, -0.2) is 15.0 Å². The van der Waals surface area contributed by atoms with Gasteiger partial charge in [-0.2, -0.15) is 0 Å². The Morgan fingerprint density at radius 3 is 1.55 bits per heavy atom. The summed E-state index contributed by atoms with van der Waals surface area (Å²) in [7, 11) is 0. The van der Waals surface area contributed by atoms with Gasteiger partial charge in [0.1, 0.15) is 0 Å². The van der Waals surface area contributed by atoms with E-state index in [9.17, 15) is 0 Å². The summed E-state index contributed by atoms with van der Waals surface area (Å²) < 4.78 is 2.22. The molecule has 9 aromatic rings. The molecule has 3 nitrogen and oxygen atoms in total. The molecule has 0 bridgehead atoms. The van der Waals surface area contributed by atoms with E-state index in [-0.39, 0.29) is 0 Å². The smallest absolute Gasteiger partial charge is 0.164 e. The molecule has 0 saturated carbocycles. The van der Waals surface area contributed by atoms with Crippen molar-refractivity contribution in [3.63, 3.8) is 0 Å². The molecule has 5 heteroatoms. The molecule has 9 rings (SSSR count). The van der Waals surface area contributed by atoms with E-state index in [0.717, 1.165) is 48.0 Å². The maximum atomic E-state index is 6.84. The first-order valence-corrected chi connectivity index (χ1v) is 15.7. The number of fused-ring (bicyclic) bond motifs is 6. The summed E-state index contributed by atoms with van der Waals surface area (Å²) in [6.07, 6.45) is 0. The summed E-state index contributed by atoms with van der Waals surface area (Å²) in [5, 5.41) is 9.99. The highest BCUT2D eigenvalue weighted by Crippen LogP contribution is 2.44. The van der Waals surface area contributed by atoms with Gasteiger partial charge in [0.15, 0.2) is 17.5 Å². The summed E-state index contributed by atoms with van der Waals surface area (Å²) in [6, 6.07) is 46.4. The second-order valence-corrected chi connectivity index (χ2v) is 12.5. The highest BCUT2D eigenvalue weighted by atomic mass is 35.5. The molecule has 0 amide bonds. The summed E-state index contributed by atoms with van der Waals surface area (Å²) in [6.45, 7) is 0. The Kier molecular flexibility index (Phi) is 5.73. The highest BCUT2D eigenvalue weighted by molar-refractivity contribution is 7.26. The van der Waals surface area contributed by atoms with Gasteiger partial charge < -0.3 is 0 Å². The van der Waals surface area contributed by atoms with Gasteiger partial charge in [-0.3, -0.25) is 0 Å². The number of thiophene rings is 1. The minimum atomic E-state index is 0.626. The van der Waals surface area contributed by atoms with E-state index in [1.807, 2.05) is 6.07 Å². The van der Waals surface area contributed by atoms with Crippen LogP contribution in [0.2, 0.25) is 5.02 Å². The Labute approximate surface area is 262 Å². The summed E-state index contributed by atoms with van der Waals surface area (Å²) >= 11 is 8.56. The van der Waals surface area contributed by atoms with Crippen LogP contribution in [0.4, 0.5) is 0 Å². The Morgan fingerprint density at radius 2 is 0.955 bits per heavy atom. The molecule has 2 heterocycles. The molecule has 0 atom stereocenters. The maximum absolute atomic E-state index is 6.84. The standard InChI is InChI=1S/C39H22ClN3S/c40-33-18-17-31(35-32-21-27-11-5-6-12-28(27)22-34(32)44-36(33)35)39-42-37(29-15-13-23-7-1-3-9-25(23)19-29)41-38(43-39)30-16-14-24-8-2-4-10-26(24)20-30/h1-22H. The van der Waals surface area contributed by atoms with Gasteiger partial charge in [-0.1, -0.05) is 109 Å². The third-order valence-electron chi connectivity index (χ3n) is 8.33. The van der Waals surface area contributed by atoms with Gasteiger partial charge in [0, 0.05) is 32.2 Å². The Hall–Kier alpha value is -5.16. The van der Waals surface area contributed by atoms with Gasteiger partial charge >= 0.3 is 0 Å². The zero-order valence-corrected chi connectivity index (χ0v) is 24.9.